The minimum atomic E-state index is -0.561. The minimum absolute atomic E-state index is 0.121. The Morgan fingerprint density at radius 3 is 2.58 bits per heavy atom. The Labute approximate surface area is 147 Å². The van der Waals surface area contributed by atoms with Gasteiger partial charge in [0.15, 0.2) is 11.6 Å². The van der Waals surface area contributed by atoms with Crippen LogP contribution in [0.15, 0.2) is 16.8 Å². The van der Waals surface area contributed by atoms with Crippen LogP contribution in [0.5, 0.6) is 0 Å². The Hall–Kier alpha value is -3.14. The van der Waals surface area contributed by atoms with Gasteiger partial charge >= 0.3 is 0 Å². The number of carbonyl (C=O) groups is 1. The number of halogens is 1. The van der Waals surface area contributed by atoms with Crippen molar-refractivity contribution in [2.24, 2.45) is 5.84 Å². The highest BCUT2D eigenvalue weighted by atomic mass is 19.1. The molecule has 0 aromatic carbocycles. The van der Waals surface area contributed by atoms with Gasteiger partial charge in [-0.15, -0.1) is 0 Å². The molecule has 1 aliphatic rings. The number of hydrazine groups is 1. The molecule has 0 radical (unpaired) electrons. The summed E-state index contributed by atoms with van der Waals surface area (Å²) < 4.78 is 18.7. The normalized spacial score (nSPS) is 15.1. The molecule has 26 heavy (non-hydrogen) atoms. The van der Waals surface area contributed by atoms with Crippen LogP contribution < -0.4 is 16.6 Å². The molecule has 0 atom stereocenters. The number of nitrogens with two attached hydrogens (primary N) is 1. The molecule has 3 aromatic heterocycles. The van der Waals surface area contributed by atoms with Gasteiger partial charge in [-0.05, 0) is 26.7 Å². The van der Waals surface area contributed by atoms with E-state index >= 15 is 0 Å². The molecule has 0 unspecified atom stereocenters. The summed E-state index contributed by atoms with van der Waals surface area (Å²) in [6, 6.07) is 0. The Kier molecular flexibility index (Phi) is 3.58. The first-order chi connectivity index (χ1) is 12.4. The summed E-state index contributed by atoms with van der Waals surface area (Å²) in [5.74, 6) is 5.33. The number of nitrogens with zero attached hydrogens (tertiary/aromatic N) is 4. The first-order valence-corrected chi connectivity index (χ1v) is 7.98. The van der Waals surface area contributed by atoms with Crippen LogP contribution in [-0.4, -0.2) is 31.4 Å². The van der Waals surface area contributed by atoms with Gasteiger partial charge in [0.1, 0.15) is 11.6 Å². The lowest BCUT2D eigenvalue weighted by Gasteiger charge is -2.14. The number of amides is 1. The molecule has 3 heterocycles. The summed E-state index contributed by atoms with van der Waals surface area (Å²) in [6.45, 7) is 3.69. The maximum absolute atomic E-state index is 13.1. The number of hydrogen-bond acceptors (Lipinski definition) is 8. The van der Waals surface area contributed by atoms with E-state index in [1.807, 2.05) is 6.92 Å². The van der Waals surface area contributed by atoms with Gasteiger partial charge in [-0.2, -0.15) is 4.98 Å². The molecule has 4 N–H and O–H groups in total. The Morgan fingerprint density at radius 2 is 1.96 bits per heavy atom. The predicted molar refractivity (Wildman–Crippen MR) is 90.4 cm³/mol. The van der Waals surface area contributed by atoms with Crippen molar-refractivity contribution in [2.75, 3.05) is 5.32 Å². The molecule has 10 heteroatoms. The second-order valence-corrected chi connectivity index (χ2v) is 6.49. The first-order valence-electron chi connectivity index (χ1n) is 7.98. The van der Waals surface area contributed by atoms with E-state index < -0.39 is 11.7 Å². The molecule has 3 aromatic rings. The standard InChI is InChI=1S/C16H16FN7O2/c1-7-9(14(25)24-18)10-11(23-16(2)3-4-16)21-13(22-15(10)26-7)12-19-5-8(17)6-20-12/h5-6H,3-4,18H2,1-2H3,(H,24,25)(H,21,22,23). The van der Waals surface area contributed by atoms with E-state index in [2.05, 4.69) is 30.7 Å². The molecule has 1 amide bonds. The van der Waals surface area contributed by atoms with Crippen LogP contribution in [0.2, 0.25) is 0 Å². The maximum atomic E-state index is 13.1. The largest absolute Gasteiger partial charge is 0.442 e. The molecule has 0 spiro atoms. The molecule has 0 aliphatic heterocycles. The van der Waals surface area contributed by atoms with Crippen molar-refractivity contribution >= 4 is 22.8 Å². The number of fused-ring (bicyclic) bond motifs is 1. The van der Waals surface area contributed by atoms with Gasteiger partial charge in [-0.3, -0.25) is 10.2 Å². The number of nitrogen functional groups attached to an aromatic ring is 1. The van der Waals surface area contributed by atoms with Gasteiger partial charge in [-0.25, -0.2) is 25.2 Å². The van der Waals surface area contributed by atoms with Gasteiger partial charge in [0.05, 0.1) is 23.3 Å². The molecular formula is C16H16FN7O2. The second-order valence-electron chi connectivity index (χ2n) is 6.49. The van der Waals surface area contributed by atoms with Gasteiger partial charge in [0, 0.05) is 5.54 Å². The first kappa shape index (κ1) is 16.3. The predicted octanol–water partition coefficient (Wildman–Crippen LogP) is 1.70. The lowest BCUT2D eigenvalue weighted by Crippen LogP contribution is -2.30. The Bertz CT molecular complexity index is 1010. The zero-order valence-corrected chi connectivity index (χ0v) is 14.1. The van der Waals surface area contributed by atoms with Crippen molar-refractivity contribution in [3.05, 3.63) is 29.5 Å². The summed E-state index contributed by atoms with van der Waals surface area (Å²) >= 11 is 0. The molecule has 0 saturated heterocycles. The highest BCUT2D eigenvalue weighted by molar-refractivity contribution is 6.10. The highest BCUT2D eigenvalue weighted by Gasteiger charge is 2.39. The number of aromatic nitrogens is 4. The molecular weight excluding hydrogens is 341 g/mol. The monoisotopic (exact) mass is 357 g/mol. The van der Waals surface area contributed by atoms with E-state index in [1.165, 1.54) is 0 Å². The van der Waals surface area contributed by atoms with Crippen molar-refractivity contribution in [2.45, 2.75) is 32.2 Å². The van der Waals surface area contributed by atoms with Gasteiger partial charge < -0.3 is 9.73 Å². The summed E-state index contributed by atoms with van der Waals surface area (Å²) in [4.78, 5) is 28.8. The quantitative estimate of drug-likeness (QED) is 0.365. The molecule has 4 rings (SSSR count). The topological polar surface area (TPSA) is 132 Å². The fraction of sp³-hybridized carbons (Fsp3) is 0.312. The fourth-order valence-electron chi connectivity index (χ4n) is 2.67. The molecule has 1 aliphatic carbocycles. The summed E-state index contributed by atoms with van der Waals surface area (Å²) in [5, 5.41) is 3.76. The van der Waals surface area contributed by atoms with Crippen molar-refractivity contribution < 1.29 is 13.6 Å². The second kappa shape index (κ2) is 5.70. The van der Waals surface area contributed by atoms with E-state index in [0.29, 0.717) is 17.0 Å². The molecule has 0 bridgehead atoms. The number of hydrogen-bond donors (Lipinski definition) is 3. The Morgan fingerprint density at radius 1 is 1.27 bits per heavy atom. The summed E-state index contributed by atoms with van der Waals surface area (Å²) in [6.07, 6.45) is 4.00. The van der Waals surface area contributed by atoms with Crippen molar-refractivity contribution in [3.63, 3.8) is 0 Å². The number of aryl methyl sites for hydroxylation is 1. The van der Waals surface area contributed by atoms with E-state index in [1.54, 1.807) is 6.92 Å². The van der Waals surface area contributed by atoms with Crippen molar-refractivity contribution in [1.82, 2.24) is 25.4 Å². The minimum Gasteiger partial charge on any atom is -0.442 e. The lowest BCUT2D eigenvalue weighted by atomic mass is 10.1. The van der Waals surface area contributed by atoms with Crippen LogP contribution >= 0.6 is 0 Å². The average molecular weight is 357 g/mol. The maximum Gasteiger partial charge on any atom is 0.269 e. The SMILES string of the molecule is Cc1oc2nc(-c3ncc(F)cn3)nc(NC3(C)CC3)c2c1C(=O)NN. The van der Waals surface area contributed by atoms with E-state index in [4.69, 9.17) is 10.3 Å². The lowest BCUT2D eigenvalue weighted by molar-refractivity contribution is 0.0953. The number of anilines is 1. The number of nitrogens with one attached hydrogen (secondary N) is 2. The highest BCUT2D eigenvalue weighted by Crippen LogP contribution is 2.40. The fourth-order valence-corrected chi connectivity index (χ4v) is 2.67. The third kappa shape index (κ3) is 2.73. The van der Waals surface area contributed by atoms with Crippen LogP contribution in [0.4, 0.5) is 10.2 Å². The smallest absolute Gasteiger partial charge is 0.269 e. The number of rotatable bonds is 4. The van der Waals surface area contributed by atoms with Gasteiger partial charge in [-0.1, -0.05) is 0 Å². The summed E-state index contributed by atoms with van der Waals surface area (Å²) in [5.41, 5.74) is 2.45. The van der Waals surface area contributed by atoms with Crippen LogP contribution in [0, 0.1) is 12.7 Å². The van der Waals surface area contributed by atoms with E-state index in [9.17, 15) is 9.18 Å². The molecule has 9 nitrogen and oxygen atoms in total. The van der Waals surface area contributed by atoms with Crippen LogP contribution in [-0.2, 0) is 0 Å². The van der Waals surface area contributed by atoms with Crippen molar-refractivity contribution in [3.8, 4) is 11.6 Å². The van der Waals surface area contributed by atoms with E-state index in [0.717, 1.165) is 25.2 Å². The molecule has 1 fully saturated rings. The average Bonchev–Trinajstić information content (AvgIpc) is 3.23. The Balaban J connectivity index is 1.94. The zero-order chi connectivity index (χ0) is 18.5. The zero-order valence-electron chi connectivity index (χ0n) is 14.1. The third-order valence-corrected chi connectivity index (χ3v) is 4.33. The van der Waals surface area contributed by atoms with Crippen molar-refractivity contribution in [1.29, 1.82) is 0 Å². The number of furan rings is 1. The molecule has 134 valence electrons. The number of carbonyl (C=O) groups excluding carboxylic acids is 1. The third-order valence-electron chi connectivity index (χ3n) is 4.33. The van der Waals surface area contributed by atoms with Gasteiger partial charge in [0.25, 0.3) is 5.91 Å². The molecule has 1 saturated carbocycles. The van der Waals surface area contributed by atoms with Crippen LogP contribution in [0.1, 0.15) is 35.9 Å². The van der Waals surface area contributed by atoms with E-state index in [-0.39, 0.29) is 28.5 Å². The van der Waals surface area contributed by atoms with Crippen LogP contribution in [0.3, 0.4) is 0 Å². The van der Waals surface area contributed by atoms with Crippen LogP contribution in [0.25, 0.3) is 22.7 Å². The van der Waals surface area contributed by atoms with Gasteiger partial charge in [0.2, 0.25) is 11.5 Å². The summed E-state index contributed by atoms with van der Waals surface area (Å²) in [7, 11) is 0.